The molecular formula is C10H19NO2. The topological polar surface area (TPSA) is 41.5 Å². The van der Waals surface area contributed by atoms with Gasteiger partial charge in [0.1, 0.15) is 0 Å². The van der Waals surface area contributed by atoms with Crippen LogP contribution < -0.4 is 5.32 Å². The number of ether oxygens (including phenoxy) is 1. The standard InChI is InChI=1S/C10H19NO2/c12-6-8-2-1-3-10(8)11-9-4-5-13-7-9/h8-12H,1-7H2/t8-,9?,10-/m0/s1. The van der Waals surface area contributed by atoms with Crippen LogP contribution in [0.5, 0.6) is 0 Å². The average molecular weight is 185 g/mol. The molecule has 2 fully saturated rings. The van der Waals surface area contributed by atoms with Crippen molar-refractivity contribution in [3.05, 3.63) is 0 Å². The summed E-state index contributed by atoms with van der Waals surface area (Å²) >= 11 is 0. The van der Waals surface area contributed by atoms with E-state index in [0.717, 1.165) is 19.6 Å². The maximum Gasteiger partial charge on any atom is 0.0620 e. The number of hydrogen-bond acceptors (Lipinski definition) is 3. The minimum absolute atomic E-state index is 0.339. The highest BCUT2D eigenvalue weighted by Gasteiger charge is 2.29. The zero-order valence-electron chi connectivity index (χ0n) is 8.04. The summed E-state index contributed by atoms with van der Waals surface area (Å²) in [5, 5.41) is 12.7. The predicted octanol–water partition coefficient (Wildman–Crippen LogP) is 0.526. The Morgan fingerprint density at radius 1 is 1.31 bits per heavy atom. The molecule has 1 unspecified atom stereocenters. The highest BCUT2D eigenvalue weighted by Crippen LogP contribution is 2.26. The van der Waals surface area contributed by atoms with Gasteiger partial charge in [-0.3, -0.25) is 0 Å². The number of rotatable bonds is 3. The van der Waals surface area contributed by atoms with Gasteiger partial charge >= 0.3 is 0 Å². The monoisotopic (exact) mass is 185 g/mol. The van der Waals surface area contributed by atoms with Crippen molar-refractivity contribution in [1.82, 2.24) is 5.32 Å². The molecule has 2 aliphatic rings. The van der Waals surface area contributed by atoms with E-state index in [1.165, 1.54) is 19.3 Å². The van der Waals surface area contributed by atoms with Crippen LogP contribution in [-0.4, -0.2) is 37.0 Å². The lowest BCUT2D eigenvalue weighted by Gasteiger charge is -2.22. The van der Waals surface area contributed by atoms with Crippen molar-refractivity contribution >= 4 is 0 Å². The van der Waals surface area contributed by atoms with Gasteiger partial charge in [0.25, 0.3) is 0 Å². The van der Waals surface area contributed by atoms with Gasteiger partial charge in [0.05, 0.1) is 6.61 Å². The van der Waals surface area contributed by atoms with Gasteiger partial charge in [-0.05, 0) is 25.2 Å². The summed E-state index contributed by atoms with van der Waals surface area (Å²) in [7, 11) is 0. The van der Waals surface area contributed by atoms with Crippen LogP contribution in [0.4, 0.5) is 0 Å². The molecule has 2 N–H and O–H groups in total. The fourth-order valence-electron chi connectivity index (χ4n) is 2.44. The van der Waals surface area contributed by atoms with Crippen LogP contribution in [0.2, 0.25) is 0 Å². The van der Waals surface area contributed by atoms with Gasteiger partial charge in [-0.25, -0.2) is 0 Å². The van der Waals surface area contributed by atoms with Gasteiger partial charge < -0.3 is 15.2 Å². The molecule has 1 saturated heterocycles. The quantitative estimate of drug-likeness (QED) is 0.674. The molecular weight excluding hydrogens is 166 g/mol. The lowest BCUT2D eigenvalue weighted by atomic mass is 10.0. The van der Waals surface area contributed by atoms with E-state index in [0.29, 0.717) is 24.6 Å². The van der Waals surface area contributed by atoms with Gasteiger partial charge in [-0.2, -0.15) is 0 Å². The Bertz CT molecular complexity index is 157. The molecule has 76 valence electrons. The van der Waals surface area contributed by atoms with E-state index in [1.807, 2.05) is 0 Å². The Morgan fingerprint density at radius 2 is 2.23 bits per heavy atom. The van der Waals surface area contributed by atoms with Crippen LogP contribution in [0.1, 0.15) is 25.7 Å². The molecule has 1 aliphatic heterocycles. The van der Waals surface area contributed by atoms with Crippen LogP contribution in [0.3, 0.4) is 0 Å². The molecule has 2 rings (SSSR count). The normalized spacial score (nSPS) is 39.9. The Morgan fingerprint density at radius 3 is 2.92 bits per heavy atom. The van der Waals surface area contributed by atoms with Crippen molar-refractivity contribution in [2.75, 3.05) is 19.8 Å². The molecule has 3 heteroatoms. The van der Waals surface area contributed by atoms with E-state index in [1.54, 1.807) is 0 Å². The lowest BCUT2D eigenvalue weighted by molar-refractivity contribution is 0.175. The Balaban J connectivity index is 1.79. The summed E-state index contributed by atoms with van der Waals surface area (Å²) in [4.78, 5) is 0. The maximum absolute atomic E-state index is 9.14. The van der Waals surface area contributed by atoms with E-state index in [4.69, 9.17) is 9.84 Å². The molecule has 0 aromatic carbocycles. The van der Waals surface area contributed by atoms with E-state index >= 15 is 0 Å². The van der Waals surface area contributed by atoms with Crippen LogP contribution in [0.25, 0.3) is 0 Å². The summed E-state index contributed by atoms with van der Waals surface area (Å²) in [5.74, 6) is 0.487. The van der Waals surface area contributed by atoms with E-state index in [9.17, 15) is 0 Å². The minimum atomic E-state index is 0.339. The number of aliphatic hydroxyl groups is 1. The van der Waals surface area contributed by atoms with Crippen LogP contribution in [-0.2, 0) is 4.74 Å². The maximum atomic E-state index is 9.14. The first-order chi connectivity index (χ1) is 6.40. The fourth-order valence-corrected chi connectivity index (χ4v) is 2.44. The Labute approximate surface area is 79.5 Å². The second-order valence-corrected chi connectivity index (χ2v) is 4.21. The smallest absolute Gasteiger partial charge is 0.0620 e. The van der Waals surface area contributed by atoms with Crippen molar-refractivity contribution in [2.45, 2.75) is 37.8 Å². The number of aliphatic hydroxyl groups excluding tert-OH is 1. The zero-order chi connectivity index (χ0) is 9.10. The molecule has 0 amide bonds. The fraction of sp³-hybridized carbons (Fsp3) is 1.00. The summed E-state index contributed by atoms with van der Waals surface area (Å²) < 4.78 is 5.31. The molecule has 1 aliphatic carbocycles. The molecule has 1 heterocycles. The first kappa shape index (κ1) is 9.44. The molecule has 13 heavy (non-hydrogen) atoms. The largest absolute Gasteiger partial charge is 0.396 e. The zero-order valence-corrected chi connectivity index (χ0v) is 8.04. The van der Waals surface area contributed by atoms with Crippen molar-refractivity contribution in [1.29, 1.82) is 0 Å². The van der Waals surface area contributed by atoms with Crippen molar-refractivity contribution in [3.8, 4) is 0 Å². The number of nitrogens with one attached hydrogen (secondary N) is 1. The summed E-state index contributed by atoms with van der Waals surface area (Å²) in [6.07, 6.45) is 4.80. The first-order valence-electron chi connectivity index (χ1n) is 5.35. The van der Waals surface area contributed by atoms with Crippen molar-refractivity contribution in [3.63, 3.8) is 0 Å². The van der Waals surface area contributed by atoms with Gasteiger partial charge in [0, 0.05) is 25.3 Å². The summed E-state index contributed by atoms with van der Waals surface area (Å²) in [6.45, 7) is 2.09. The average Bonchev–Trinajstić information content (AvgIpc) is 2.76. The summed E-state index contributed by atoms with van der Waals surface area (Å²) in [5.41, 5.74) is 0. The van der Waals surface area contributed by atoms with Crippen molar-refractivity contribution < 1.29 is 9.84 Å². The van der Waals surface area contributed by atoms with Gasteiger partial charge in [0.15, 0.2) is 0 Å². The highest BCUT2D eigenvalue weighted by molar-refractivity contribution is 4.86. The van der Waals surface area contributed by atoms with Gasteiger partial charge in [0.2, 0.25) is 0 Å². The lowest BCUT2D eigenvalue weighted by Crippen LogP contribution is -2.41. The van der Waals surface area contributed by atoms with Gasteiger partial charge in [-0.15, -0.1) is 0 Å². The second kappa shape index (κ2) is 4.40. The summed E-state index contributed by atoms with van der Waals surface area (Å²) in [6, 6.07) is 1.08. The number of hydrogen-bond donors (Lipinski definition) is 2. The second-order valence-electron chi connectivity index (χ2n) is 4.21. The third kappa shape index (κ3) is 2.22. The van der Waals surface area contributed by atoms with E-state index in [2.05, 4.69) is 5.32 Å². The molecule has 3 atom stereocenters. The predicted molar refractivity (Wildman–Crippen MR) is 50.6 cm³/mol. The molecule has 3 nitrogen and oxygen atoms in total. The third-order valence-corrected chi connectivity index (χ3v) is 3.27. The van der Waals surface area contributed by atoms with Crippen LogP contribution >= 0.6 is 0 Å². The SMILES string of the molecule is OC[C@@H]1CCC[C@@H]1NC1CCOC1. The van der Waals surface area contributed by atoms with Crippen LogP contribution in [0.15, 0.2) is 0 Å². The van der Waals surface area contributed by atoms with Crippen LogP contribution in [0, 0.1) is 5.92 Å². The minimum Gasteiger partial charge on any atom is -0.396 e. The van der Waals surface area contributed by atoms with Gasteiger partial charge in [-0.1, -0.05) is 6.42 Å². The van der Waals surface area contributed by atoms with Crippen molar-refractivity contribution in [2.24, 2.45) is 5.92 Å². The molecule has 0 aromatic heterocycles. The van der Waals surface area contributed by atoms with E-state index < -0.39 is 0 Å². The third-order valence-electron chi connectivity index (χ3n) is 3.27. The molecule has 1 saturated carbocycles. The Hall–Kier alpha value is -0.120. The molecule has 0 spiro atoms. The molecule has 0 radical (unpaired) electrons. The first-order valence-corrected chi connectivity index (χ1v) is 5.35. The molecule has 0 aromatic rings. The highest BCUT2D eigenvalue weighted by atomic mass is 16.5. The van der Waals surface area contributed by atoms with E-state index in [-0.39, 0.29) is 0 Å². The molecule has 0 bridgehead atoms. The Kier molecular flexibility index (Phi) is 3.19.